The monoisotopic (exact) mass is 373 g/mol. The molecule has 0 bridgehead atoms. The average molecular weight is 373 g/mol. The van der Waals surface area contributed by atoms with Crippen LogP contribution in [0.5, 0.6) is 0 Å². The zero-order chi connectivity index (χ0) is 18.5. The second kappa shape index (κ2) is 7.84. The smallest absolute Gasteiger partial charge is 0.230 e. The van der Waals surface area contributed by atoms with E-state index < -0.39 is 0 Å². The molecule has 0 saturated heterocycles. The molecule has 27 heavy (non-hydrogen) atoms. The molecular formula is C20H15N5OS. The Labute approximate surface area is 160 Å². The van der Waals surface area contributed by atoms with Crippen molar-refractivity contribution in [3.63, 3.8) is 0 Å². The summed E-state index contributed by atoms with van der Waals surface area (Å²) < 4.78 is 0. The molecule has 1 aromatic carbocycles. The number of hydrogen-bond donors (Lipinski definition) is 1. The van der Waals surface area contributed by atoms with E-state index in [1.54, 1.807) is 24.8 Å². The fourth-order valence-corrected chi connectivity index (χ4v) is 3.32. The van der Waals surface area contributed by atoms with Crippen molar-refractivity contribution in [2.45, 2.75) is 6.42 Å². The maximum absolute atomic E-state index is 12.3. The lowest BCUT2D eigenvalue weighted by molar-refractivity contribution is -0.115. The molecular weight excluding hydrogens is 358 g/mol. The number of nitrogens with one attached hydrogen (secondary N) is 1. The van der Waals surface area contributed by atoms with Crippen molar-refractivity contribution in [3.8, 4) is 22.0 Å². The van der Waals surface area contributed by atoms with Crippen LogP contribution >= 0.6 is 11.3 Å². The average Bonchev–Trinajstić information content (AvgIpc) is 3.18. The van der Waals surface area contributed by atoms with Crippen LogP contribution in [0.1, 0.15) is 5.69 Å². The van der Waals surface area contributed by atoms with Crippen LogP contribution in [0.15, 0.2) is 72.6 Å². The van der Waals surface area contributed by atoms with Crippen molar-refractivity contribution in [2.75, 3.05) is 5.32 Å². The van der Waals surface area contributed by atoms with Gasteiger partial charge in [0.25, 0.3) is 0 Å². The Morgan fingerprint density at radius 2 is 1.74 bits per heavy atom. The number of carbonyl (C=O) groups is 1. The second-order valence-electron chi connectivity index (χ2n) is 5.77. The van der Waals surface area contributed by atoms with Crippen LogP contribution in [0.25, 0.3) is 22.0 Å². The van der Waals surface area contributed by atoms with Crippen LogP contribution in [0.2, 0.25) is 0 Å². The molecule has 0 unspecified atom stereocenters. The number of hydrogen-bond acceptors (Lipinski definition) is 6. The number of nitrogens with zero attached hydrogens (tertiary/aromatic N) is 4. The highest BCUT2D eigenvalue weighted by Gasteiger charge is 2.10. The molecule has 132 valence electrons. The third-order valence-electron chi connectivity index (χ3n) is 3.77. The summed E-state index contributed by atoms with van der Waals surface area (Å²) in [6, 6.07) is 13.5. The van der Waals surface area contributed by atoms with Gasteiger partial charge in [-0.3, -0.25) is 9.78 Å². The summed E-state index contributed by atoms with van der Waals surface area (Å²) in [5.74, 6) is 0.461. The number of thiazole rings is 1. The molecule has 4 aromatic rings. The third kappa shape index (κ3) is 4.21. The first-order chi connectivity index (χ1) is 13.3. The first-order valence-corrected chi connectivity index (χ1v) is 9.18. The number of anilines is 1. The summed E-state index contributed by atoms with van der Waals surface area (Å²) in [4.78, 5) is 29.5. The van der Waals surface area contributed by atoms with Crippen molar-refractivity contribution in [3.05, 3.63) is 78.3 Å². The summed E-state index contributed by atoms with van der Waals surface area (Å²) in [5, 5.41) is 5.54. The predicted octanol–water partition coefficient (Wildman–Crippen LogP) is 3.84. The van der Waals surface area contributed by atoms with E-state index in [4.69, 9.17) is 0 Å². The van der Waals surface area contributed by atoms with Gasteiger partial charge in [0.2, 0.25) is 5.91 Å². The van der Waals surface area contributed by atoms with E-state index in [9.17, 15) is 4.79 Å². The topological polar surface area (TPSA) is 80.7 Å². The maximum atomic E-state index is 12.3. The number of benzene rings is 1. The number of aromatic nitrogens is 4. The van der Waals surface area contributed by atoms with E-state index in [2.05, 4.69) is 25.3 Å². The van der Waals surface area contributed by atoms with Gasteiger partial charge in [-0.2, -0.15) is 0 Å². The molecule has 6 nitrogen and oxygen atoms in total. The molecule has 0 aliphatic carbocycles. The third-order valence-corrected chi connectivity index (χ3v) is 4.71. The quantitative estimate of drug-likeness (QED) is 0.575. The zero-order valence-corrected chi connectivity index (χ0v) is 15.1. The zero-order valence-electron chi connectivity index (χ0n) is 14.2. The van der Waals surface area contributed by atoms with Crippen molar-refractivity contribution >= 4 is 22.9 Å². The van der Waals surface area contributed by atoms with E-state index in [0.29, 0.717) is 11.5 Å². The molecule has 0 aliphatic rings. The van der Waals surface area contributed by atoms with E-state index >= 15 is 0 Å². The van der Waals surface area contributed by atoms with E-state index in [1.165, 1.54) is 11.3 Å². The summed E-state index contributed by atoms with van der Waals surface area (Å²) in [5.41, 5.74) is 3.15. The molecule has 1 N–H and O–H groups in total. The lowest BCUT2D eigenvalue weighted by Crippen LogP contribution is -2.15. The van der Waals surface area contributed by atoms with Gasteiger partial charge in [0.05, 0.1) is 30.2 Å². The minimum Gasteiger partial charge on any atom is -0.323 e. The van der Waals surface area contributed by atoms with Gasteiger partial charge in [-0.15, -0.1) is 11.3 Å². The molecule has 4 rings (SSSR count). The lowest BCUT2D eigenvalue weighted by Gasteiger charge is -2.04. The number of carbonyl (C=O) groups excluding carboxylic acids is 1. The molecule has 1 amide bonds. The van der Waals surface area contributed by atoms with Crippen LogP contribution < -0.4 is 5.32 Å². The first-order valence-electron chi connectivity index (χ1n) is 8.30. The van der Waals surface area contributed by atoms with E-state index in [0.717, 1.165) is 21.8 Å². The second-order valence-corrected chi connectivity index (χ2v) is 6.63. The number of amides is 1. The van der Waals surface area contributed by atoms with Crippen molar-refractivity contribution in [1.82, 2.24) is 19.9 Å². The fraction of sp³-hybridized carbons (Fsp3) is 0.0500. The highest BCUT2D eigenvalue weighted by Crippen LogP contribution is 2.23. The van der Waals surface area contributed by atoms with Gasteiger partial charge >= 0.3 is 0 Å². The minimum absolute atomic E-state index is 0.158. The summed E-state index contributed by atoms with van der Waals surface area (Å²) in [6.45, 7) is 0. The number of rotatable bonds is 5. The largest absolute Gasteiger partial charge is 0.323 e. The van der Waals surface area contributed by atoms with Crippen LogP contribution in [-0.2, 0) is 11.2 Å². The van der Waals surface area contributed by atoms with Gasteiger partial charge < -0.3 is 5.32 Å². The van der Waals surface area contributed by atoms with Crippen LogP contribution in [0.4, 0.5) is 5.69 Å². The molecule has 0 spiro atoms. The Bertz CT molecular complexity index is 1030. The molecule has 0 fully saturated rings. The van der Waals surface area contributed by atoms with Gasteiger partial charge in [0.15, 0.2) is 5.82 Å². The van der Waals surface area contributed by atoms with Gasteiger partial charge in [-0.1, -0.05) is 30.3 Å². The molecule has 7 heteroatoms. The molecule has 0 radical (unpaired) electrons. The molecule has 0 atom stereocenters. The molecule has 3 aromatic heterocycles. The van der Waals surface area contributed by atoms with E-state index in [-0.39, 0.29) is 12.3 Å². The van der Waals surface area contributed by atoms with Crippen molar-refractivity contribution < 1.29 is 4.79 Å². The fourth-order valence-electron chi connectivity index (χ4n) is 2.51. The van der Waals surface area contributed by atoms with Crippen LogP contribution in [-0.4, -0.2) is 25.8 Å². The predicted molar refractivity (Wildman–Crippen MR) is 105 cm³/mol. The number of pyridine rings is 1. The summed E-state index contributed by atoms with van der Waals surface area (Å²) >= 11 is 1.49. The van der Waals surface area contributed by atoms with Gasteiger partial charge in [0, 0.05) is 28.9 Å². The van der Waals surface area contributed by atoms with Crippen molar-refractivity contribution in [1.29, 1.82) is 0 Å². The van der Waals surface area contributed by atoms with Gasteiger partial charge in [0.1, 0.15) is 5.01 Å². The highest BCUT2D eigenvalue weighted by molar-refractivity contribution is 7.13. The van der Waals surface area contributed by atoms with Crippen molar-refractivity contribution in [2.24, 2.45) is 0 Å². The Morgan fingerprint density at radius 3 is 2.48 bits per heavy atom. The molecule has 3 heterocycles. The first kappa shape index (κ1) is 17.0. The summed E-state index contributed by atoms with van der Waals surface area (Å²) in [6.07, 6.45) is 6.88. The minimum atomic E-state index is -0.158. The Kier molecular flexibility index (Phi) is 4.93. The molecule has 0 aliphatic heterocycles. The summed E-state index contributed by atoms with van der Waals surface area (Å²) in [7, 11) is 0. The Hall–Kier alpha value is -3.45. The Balaban J connectivity index is 1.39. The van der Waals surface area contributed by atoms with Crippen LogP contribution in [0, 0.1) is 0 Å². The van der Waals surface area contributed by atoms with E-state index in [1.807, 2.05) is 47.8 Å². The van der Waals surface area contributed by atoms with Gasteiger partial charge in [-0.05, 0) is 12.1 Å². The standard InChI is InChI=1S/C20H15N5OS/c26-18(9-16-13-27-20(25-16)15-7-4-8-21-10-15)24-17-11-22-19(23-12-17)14-5-2-1-3-6-14/h1-8,10-13H,9H2,(H,24,26). The van der Waals surface area contributed by atoms with Crippen LogP contribution in [0.3, 0.4) is 0 Å². The normalized spacial score (nSPS) is 10.5. The maximum Gasteiger partial charge on any atom is 0.230 e. The lowest BCUT2D eigenvalue weighted by atomic mass is 10.2. The molecule has 0 saturated carbocycles. The SMILES string of the molecule is O=C(Cc1csc(-c2cccnc2)n1)Nc1cnc(-c2ccccc2)nc1. The van der Waals surface area contributed by atoms with Gasteiger partial charge in [-0.25, -0.2) is 15.0 Å². The highest BCUT2D eigenvalue weighted by atomic mass is 32.1. The Morgan fingerprint density at radius 1 is 0.963 bits per heavy atom.